The SMILES string of the molecule is CC(C)n1cnc2cc(-c3ccc4c(c3)N(C3CC(N5CCCCC5)C3)C(=O)C43CCN(C(=O)C45CCC(C)(C4)N(C(=O)C4CCN(c6ccc([C@H]7CCC(=O)NC7=O)cn6)CC4)C5)CC3)nc(NC3CC3)c21. The molecule has 0 radical (unpaired) electrons. The number of piperidine rings is 5. The lowest BCUT2D eigenvalue weighted by Gasteiger charge is -2.48. The molecule has 3 atom stereocenters. The molecule has 5 saturated heterocycles. The molecule has 9 heterocycles. The topological polar surface area (TPSA) is 169 Å². The summed E-state index contributed by atoms with van der Waals surface area (Å²) in [7, 11) is 0. The second-order valence-corrected chi connectivity index (χ2v) is 24.1. The van der Waals surface area contributed by atoms with Crippen LogP contribution >= 0.6 is 0 Å². The van der Waals surface area contributed by atoms with Gasteiger partial charge in [-0.05, 0) is 153 Å². The molecule has 4 aromatic rings. The van der Waals surface area contributed by atoms with E-state index in [0.717, 1.165) is 102 Å². The summed E-state index contributed by atoms with van der Waals surface area (Å²) in [6.45, 7) is 11.7. The fraction of sp³-hybridized carbons (Fsp3) is 0.614. The van der Waals surface area contributed by atoms with Crippen molar-refractivity contribution in [1.29, 1.82) is 0 Å². The summed E-state index contributed by atoms with van der Waals surface area (Å²) in [6, 6.07) is 13.9. The summed E-state index contributed by atoms with van der Waals surface area (Å²) in [5.74, 6) is 1.21. The molecule has 2 unspecified atom stereocenters. The molecule has 5 amide bonds. The molecular weight excluding hydrogens is 919 g/mol. The Balaban J connectivity index is 0.706. The van der Waals surface area contributed by atoms with Gasteiger partial charge in [0.25, 0.3) is 0 Å². The third kappa shape index (κ3) is 7.84. The highest BCUT2D eigenvalue weighted by Crippen LogP contribution is 2.57. The van der Waals surface area contributed by atoms with Crippen LogP contribution in [0, 0.1) is 11.3 Å². The lowest BCUT2D eigenvalue weighted by atomic mass is 9.72. The molecule has 16 heteroatoms. The van der Waals surface area contributed by atoms with Crippen molar-refractivity contribution in [3.8, 4) is 11.3 Å². The first-order chi connectivity index (χ1) is 35.3. The van der Waals surface area contributed by atoms with Crippen molar-refractivity contribution in [2.45, 2.75) is 165 Å². The van der Waals surface area contributed by atoms with E-state index in [4.69, 9.17) is 15.0 Å². The number of fused-ring (bicyclic) bond motifs is 5. The monoisotopic (exact) mass is 990 g/mol. The number of hydrogen-bond donors (Lipinski definition) is 2. The zero-order chi connectivity index (χ0) is 50.0. The van der Waals surface area contributed by atoms with Gasteiger partial charge in [0.2, 0.25) is 29.5 Å². The fourth-order valence-corrected chi connectivity index (χ4v) is 14.7. The Morgan fingerprint density at radius 1 is 0.836 bits per heavy atom. The molecule has 6 aliphatic heterocycles. The Morgan fingerprint density at radius 3 is 2.33 bits per heavy atom. The fourth-order valence-electron chi connectivity index (χ4n) is 14.7. The van der Waals surface area contributed by atoms with Gasteiger partial charge in [-0.25, -0.2) is 15.0 Å². The molecule has 16 nitrogen and oxygen atoms in total. The molecule has 2 N–H and O–H groups in total. The summed E-state index contributed by atoms with van der Waals surface area (Å²) in [6.07, 6.45) is 17.4. The molecule has 73 heavy (non-hydrogen) atoms. The van der Waals surface area contributed by atoms with Crippen molar-refractivity contribution < 1.29 is 24.0 Å². The number of imidazole rings is 1. The summed E-state index contributed by atoms with van der Waals surface area (Å²) >= 11 is 0. The predicted octanol–water partition coefficient (Wildman–Crippen LogP) is 7.08. The Labute approximate surface area is 428 Å². The maximum absolute atomic E-state index is 15.4. The van der Waals surface area contributed by atoms with E-state index in [1.165, 1.54) is 19.3 Å². The summed E-state index contributed by atoms with van der Waals surface area (Å²) in [4.78, 5) is 95.0. The first-order valence-corrected chi connectivity index (χ1v) is 27.8. The molecule has 2 bridgehead atoms. The lowest BCUT2D eigenvalue weighted by molar-refractivity contribution is -0.148. The van der Waals surface area contributed by atoms with Crippen LogP contribution in [0.25, 0.3) is 22.3 Å². The normalized spacial score (nSPS) is 29.4. The predicted molar refractivity (Wildman–Crippen MR) is 278 cm³/mol. The number of likely N-dealkylation sites (tertiary alicyclic amines) is 3. The molecule has 13 rings (SSSR count). The zero-order valence-corrected chi connectivity index (χ0v) is 42.9. The highest BCUT2D eigenvalue weighted by atomic mass is 16.2. The molecule has 384 valence electrons. The van der Waals surface area contributed by atoms with Gasteiger partial charge in [0, 0.05) is 92.2 Å². The van der Waals surface area contributed by atoms with Crippen molar-refractivity contribution >= 4 is 57.9 Å². The van der Waals surface area contributed by atoms with E-state index in [1.807, 2.05) is 23.4 Å². The molecule has 3 aliphatic carbocycles. The van der Waals surface area contributed by atoms with Crippen molar-refractivity contribution in [2.24, 2.45) is 11.3 Å². The number of nitrogens with one attached hydrogen (secondary N) is 2. The van der Waals surface area contributed by atoms with Crippen LogP contribution in [-0.2, 0) is 29.4 Å². The van der Waals surface area contributed by atoms with Gasteiger partial charge < -0.3 is 34.4 Å². The Hall–Kier alpha value is -5.90. The van der Waals surface area contributed by atoms with Gasteiger partial charge >= 0.3 is 0 Å². The number of rotatable bonds is 10. The van der Waals surface area contributed by atoms with Crippen LogP contribution in [0.3, 0.4) is 0 Å². The van der Waals surface area contributed by atoms with Gasteiger partial charge in [0.15, 0.2) is 5.82 Å². The van der Waals surface area contributed by atoms with E-state index in [0.29, 0.717) is 89.8 Å². The molecule has 1 spiro atoms. The highest BCUT2D eigenvalue weighted by molar-refractivity contribution is 6.10. The number of amides is 5. The Morgan fingerprint density at radius 2 is 1.62 bits per heavy atom. The second kappa shape index (κ2) is 17.6. The molecule has 3 aromatic heterocycles. The number of carbonyl (C=O) groups is 5. The highest BCUT2D eigenvalue weighted by Gasteiger charge is 2.64. The van der Waals surface area contributed by atoms with Crippen LogP contribution in [0.2, 0.25) is 0 Å². The van der Waals surface area contributed by atoms with E-state index in [2.05, 4.69) is 79.8 Å². The van der Waals surface area contributed by atoms with Crippen molar-refractivity contribution in [2.75, 3.05) is 60.9 Å². The van der Waals surface area contributed by atoms with E-state index >= 15 is 9.59 Å². The molecule has 8 fully saturated rings. The molecule has 9 aliphatic rings. The quantitative estimate of drug-likeness (QED) is 0.156. The zero-order valence-electron chi connectivity index (χ0n) is 42.9. The van der Waals surface area contributed by atoms with E-state index in [-0.39, 0.29) is 59.0 Å². The lowest BCUT2D eigenvalue weighted by Crippen LogP contribution is -2.59. The minimum Gasteiger partial charge on any atom is -0.366 e. The first kappa shape index (κ1) is 46.9. The number of benzene rings is 1. The third-order valence-electron chi connectivity index (χ3n) is 19.3. The number of nitrogens with zero attached hydrogens (tertiary/aromatic N) is 9. The van der Waals surface area contributed by atoms with Crippen molar-refractivity contribution in [3.05, 3.63) is 60.0 Å². The van der Waals surface area contributed by atoms with Gasteiger partial charge in [-0.2, -0.15) is 0 Å². The minimum atomic E-state index is -0.702. The average molecular weight is 990 g/mol. The van der Waals surface area contributed by atoms with Gasteiger partial charge in [0.1, 0.15) is 11.3 Å². The maximum Gasteiger partial charge on any atom is 0.238 e. The number of pyridine rings is 2. The molecular formula is C57H71N11O5. The largest absolute Gasteiger partial charge is 0.366 e. The van der Waals surface area contributed by atoms with E-state index < -0.39 is 10.8 Å². The van der Waals surface area contributed by atoms with Crippen LogP contribution in [-0.4, -0.2) is 133 Å². The van der Waals surface area contributed by atoms with Crippen LogP contribution in [0.15, 0.2) is 48.9 Å². The van der Waals surface area contributed by atoms with Crippen LogP contribution in [0.5, 0.6) is 0 Å². The number of carbonyl (C=O) groups excluding carboxylic acids is 5. The number of imide groups is 1. The average Bonchev–Trinajstić information content (AvgIpc) is 3.75. The number of anilines is 3. The Kier molecular flexibility index (Phi) is 11.3. The maximum atomic E-state index is 15.4. The van der Waals surface area contributed by atoms with Crippen molar-refractivity contribution in [1.82, 2.24) is 39.5 Å². The third-order valence-corrected chi connectivity index (χ3v) is 19.3. The first-order valence-electron chi connectivity index (χ1n) is 27.8. The summed E-state index contributed by atoms with van der Waals surface area (Å²) in [5, 5.41) is 6.15. The summed E-state index contributed by atoms with van der Waals surface area (Å²) < 4.78 is 2.20. The Bertz CT molecular complexity index is 2890. The summed E-state index contributed by atoms with van der Waals surface area (Å²) in [5.41, 5.74) is 5.02. The molecule has 1 aromatic carbocycles. The van der Waals surface area contributed by atoms with Crippen LogP contribution < -0.4 is 20.4 Å². The van der Waals surface area contributed by atoms with Crippen molar-refractivity contribution in [3.63, 3.8) is 0 Å². The smallest absolute Gasteiger partial charge is 0.238 e. The van der Waals surface area contributed by atoms with Gasteiger partial charge in [-0.3, -0.25) is 29.3 Å². The minimum absolute atomic E-state index is 0.122. The standard InChI is InChI=1S/C57H71N11O5/c1-35(2)66-34-59-45-30-44(61-50(49(45)66)60-39-9-10-39)37-7-12-43-46(27-37)68(41-28-40(29-41)63-21-5-4-6-22-63)54(73)57(43)19-25-65(26-20-57)53(72)56-18-17-55(3,32-56)67(33-56)52(71)36-15-23-64(24-16-36)47-13-8-38(31-58-47)42-11-14-48(69)62-51(42)70/h7-8,12-13,27,30-31,34-36,39-42H,4-6,9-11,14-26,28-29,32-33H2,1-3H3,(H,60,61)(H,62,69,70)/t40?,41?,42-,55?,56?/m1/s1. The number of hydrogen-bond acceptors (Lipinski definition) is 11. The van der Waals surface area contributed by atoms with E-state index in [9.17, 15) is 14.4 Å². The van der Waals surface area contributed by atoms with Gasteiger partial charge in [-0.1, -0.05) is 24.6 Å². The van der Waals surface area contributed by atoms with Gasteiger partial charge in [0.05, 0.1) is 34.3 Å². The van der Waals surface area contributed by atoms with E-state index in [1.54, 1.807) is 6.20 Å². The van der Waals surface area contributed by atoms with Crippen LogP contribution in [0.1, 0.15) is 147 Å². The van der Waals surface area contributed by atoms with Crippen LogP contribution in [0.4, 0.5) is 17.3 Å². The second-order valence-electron chi connectivity index (χ2n) is 24.1. The number of aromatic nitrogens is 4. The van der Waals surface area contributed by atoms with Gasteiger partial charge in [-0.15, -0.1) is 0 Å². The molecule has 3 saturated carbocycles.